The Morgan fingerprint density at radius 3 is 2.19 bits per heavy atom. The van der Waals surface area contributed by atoms with Crippen LogP contribution in [0.25, 0.3) is 0 Å². The number of carbonyl (C=O) groups excluding carboxylic acids is 2. The molecule has 1 atom stereocenters. The van der Waals surface area contributed by atoms with E-state index in [2.05, 4.69) is 0 Å². The SMILES string of the molecule is CCN(CC(=O)N(C)C)C(C)C(=O)c1ccc(OC)cc1. The average Bonchev–Trinajstić information content (AvgIpc) is 2.50. The quantitative estimate of drug-likeness (QED) is 0.717. The van der Waals surface area contributed by atoms with Crippen LogP contribution in [0, 0.1) is 0 Å². The van der Waals surface area contributed by atoms with Gasteiger partial charge in [-0.3, -0.25) is 14.5 Å². The van der Waals surface area contributed by atoms with E-state index in [4.69, 9.17) is 4.74 Å². The first-order valence-electron chi connectivity index (χ1n) is 7.03. The lowest BCUT2D eigenvalue weighted by Gasteiger charge is -2.27. The number of carbonyl (C=O) groups is 2. The predicted molar refractivity (Wildman–Crippen MR) is 82.7 cm³/mol. The topological polar surface area (TPSA) is 49.9 Å². The summed E-state index contributed by atoms with van der Waals surface area (Å²) >= 11 is 0. The zero-order valence-corrected chi connectivity index (χ0v) is 13.4. The molecule has 116 valence electrons. The maximum absolute atomic E-state index is 12.5. The summed E-state index contributed by atoms with van der Waals surface area (Å²) < 4.78 is 5.09. The Bertz CT molecular complexity index is 483. The summed E-state index contributed by atoms with van der Waals surface area (Å²) in [5.74, 6) is 0.714. The third-order valence-corrected chi connectivity index (χ3v) is 3.55. The number of benzene rings is 1. The molecule has 1 rings (SSSR count). The van der Waals surface area contributed by atoms with Gasteiger partial charge in [-0.15, -0.1) is 0 Å². The van der Waals surface area contributed by atoms with E-state index in [0.29, 0.717) is 17.9 Å². The highest BCUT2D eigenvalue weighted by Crippen LogP contribution is 2.14. The van der Waals surface area contributed by atoms with E-state index in [1.165, 1.54) is 4.90 Å². The zero-order valence-electron chi connectivity index (χ0n) is 13.4. The number of methoxy groups -OCH3 is 1. The van der Waals surface area contributed by atoms with Crippen molar-refractivity contribution < 1.29 is 14.3 Å². The van der Waals surface area contributed by atoms with Crippen LogP contribution in [0.3, 0.4) is 0 Å². The number of likely N-dealkylation sites (N-methyl/N-ethyl adjacent to an activating group) is 2. The summed E-state index contributed by atoms with van der Waals surface area (Å²) in [6.45, 7) is 4.66. The monoisotopic (exact) mass is 292 g/mol. The van der Waals surface area contributed by atoms with E-state index in [0.717, 1.165) is 0 Å². The molecule has 0 aromatic heterocycles. The molecule has 0 radical (unpaired) electrons. The number of ketones is 1. The van der Waals surface area contributed by atoms with Crippen LogP contribution >= 0.6 is 0 Å². The number of nitrogens with zero attached hydrogens (tertiary/aromatic N) is 2. The van der Waals surface area contributed by atoms with E-state index in [-0.39, 0.29) is 24.3 Å². The number of Topliss-reactive ketones (excluding diaryl/α,β-unsaturated/α-hetero) is 1. The lowest BCUT2D eigenvalue weighted by Crippen LogP contribution is -2.44. The van der Waals surface area contributed by atoms with Gasteiger partial charge >= 0.3 is 0 Å². The van der Waals surface area contributed by atoms with Crippen LogP contribution in [-0.2, 0) is 4.79 Å². The van der Waals surface area contributed by atoms with Gasteiger partial charge in [0.05, 0.1) is 19.7 Å². The van der Waals surface area contributed by atoms with Crippen LogP contribution in [0.5, 0.6) is 5.75 Å². The first kappa shape index (κ1) is 17.2. The lowest BCUT2D eigenvalue weighted by molar-refractivity contribution is -0.130. The highest BCUT2D eigenvalue weighted by atomic mass is 16.5. The average molecular weight is 292 g/mol. The number of hydrogen-bond donors (Lipinski definition) is 0. The standard InChI is InChI=1S/C16H24N2O3/c1-6-18(11-15(19)17(3)4)12(2)16(20)13-7-9-14(21-5)10-8-13/h7-10,12H,6,11H2,1-5H3. The van der Waals surface area contributed by atoms with E-state index < -0.39 is 0 Å². The summed E-state index contributed by atoms with van der Waals surface area (Å²) in [4.78, 5) is 27.7. The van der Waals surface area contributed by atoms with E-state index >= 15 is 0 Å². The molecule has 0 spiro atoms. The summed E-state index contributed by atoms with van der Waals surface area (Å²) in [6.07, 6.45) is 0. The van der Waals surface area contributed by atoms with Crippen LogP contribution < -0.4 is 4.74 Å². The van der Waals surface area contributed by atoms with Gasteiger partial charge in [-0.25, -0.2) is 0 Å². The molecule has 5 heteroatoms. The minimum absolute atomic E-state index is 0.00561. The van der Waals surface area contributed by atoms with Crippen molar-refractivity contribution >= 4 is 11.7 Å². The molecule has 0 heterocycles. The predicted octanol–water partition coefficient (Wildman–Crippen LogP) is 1.68. The molecule has 0 saturated heterocycles. The summed E-state index contributed by atoms with van der Waals surface area (Å²) in [5, 5.41) is 0. The zero-order chi connectivity index (χ0) is 16.0. The van der Waals surface area contributed by atoms with Crippen LogP contribution in [0.2, 0.25) is 0 Å². The van der Waals surface area contributed by atoms with Crippen molar-refractivity contribution in [2.75, 3.05) is 34.3 Å². The van der Waals surface area contributed by atoms with Gasteiger partial charge in [-0.2, -0.15) is 0 Å². The van der Waals surface area contributed by atoms with Crippen LogP contribution in [0.1, 0.15) is 24.2 Å². The summed E-state index contributed by atoms with van der Waals surface area (Å²) in [6, 6.07) is 6.69. The van der Waals surface area contributed by atoms with Gasteiger partial charge < -0.3 is 9.64 Å². The van der Waals surface area contributed by atoms with Crippen molar-refractivity contribution in [1.82, 2.24) is 9.80 Å². The molecule has 1 aromatic carbocycles. The van der Waals surface area contributed by atoms with Crippen molar-refractivity contribution in [1.29, 1.82) is 0 Å². The normalized spacial score (nSPS) is 12.1. The Kier molecular flexibility index (Phi) is 6.37. The van der Waals surface area contributed by atoms with Crippen molar-refractivity contribution in [3.05, 3.63) is 29.8 Å². The largest absolute Gasteiger partial charge is 0.497 e. The molecular formula is C16H24N2O3. The molecule has 0 saturated carbocycles. The van der Waals surface area contributed by atoms with Gasteiger partial charge in [0.2, 0.25) is 5.91 Å². The maximum Gasteiger partial charge on any atom is 0.236 e. The second-order valence-electron chi connectivity index (χ2n) is 5.12. The third kappa shape index (κ3) is 4.56. The lowest BCUT2D eigenvalue weighted by atomic mass is 10.0. The van der Waals surface area contributed by atoms with E-state index in [1.54, 1.807) is 45.5 Å². The fraction of sp³-hybridized carbons (Fsp3) is 0.500. The van der Waals surface area contributed by atoms with Crippen LogP contribution in [-0.4, -0.2) is 61.8 Å². The molecule has 0 fully saturated rings. The van der Waals surface area contributed by atoms with Gasteiger partial charge in [0.25, 0.3) is 0 Å². The first-order chi connectivity index (χ1) is 9.90. The van der Waals surface area contributed by atoms with Gasteiger partial charge in [-0.1, -0.05) is 6.92 Å². The van der Waals surface area contributed by atoms with Gasteiger partial charge in [0, 0.05) is 19.7 Å². The molecule has 1 unspecified atom stereocenters. The fourth-order valence-electron chi connectivity index (χ4n) is 2.00. The Balaban J connectivity index is 2.80. The van der Waals surface area contributed by atoms with Crippen molar-refractivity contribution in [2.45, 2.75) is 19.9 Å². The minimum atomic E-state index is -0.340. The fourth-order valence-corrected chi connectivity index (χ4v) is 2.00. The number of ether oxygens (including phenoxy) is 1. The van der Waals surface area contributed by atoms with Crippen molar-refractivity contribution in [3.8, 4) is 5.75 Å². The van der Waals surface area contributed by atoms with Gasteiger partial charge in [0.1, 0.15) is 5.75 Å². The highest BCUT2D eigenvalue weighted by molar-refractivity contribution is 6.00. The molecule has 1 amide bonds. The number of amides is 1. The molecule has 5 nitrogen and oxygen atoms in total. The first-order valence-corrected chi connectivity index (χ1v) is 7.03. The Labute approximate surface area is 126 Å². The highest BCUT2D eigenvalue weighted by Gasteiger charge is 2.23. The van der Waals surface area contributed by atoms with Crippen molar-refractivity contribution in [3.63, 3.8) is 0 Å². The second kappa shape index (κ2) is 7.78. The molecule has 0 bridgehead atoms. The summed E-state index contributed by atoms with van der Waals surface area (Å²) in [7, 11) is 5.02. The summed E-state index contributed by atoms with van der Waals surface area (Å²) in [5.41, 5.74) is 0.624. The maximum atomic E-state index is 12.5. The molecule has 1 aromatic rings. The van der Waals surface area contributed by atoms with Crippen LogP contribution in [0.4, 0.5) is 0 Å². The van der Waals surface area contributed by atoms with Gasteiger partial charge in [-0.05, 0) is 37.7 Å². The molecule has 0 aliphatic rings. The van der Waals surface area contributed by atoms with E-state index in [9.17, 15) is 9.59 Å². The minimum Gasteiger partial charge on any atom is -0.497 e. The van der Waals surface area contributed by atoms with Crippen molar-refractivity contribution in [2.24, 2.45) is 0 Å². The van der Waals surface area contributed by atoms with Gasteiger partial charge in [0.15, 0.2) is 5.78 Å². The molecular weight excluding hydrogens is 268 g/mol. The molecule has 0 aliphatic heterocycles. The number of rotatable bonds is 7. The van der Waals surface area contributed by atoms with Crippen LogP contribution in [0.15, 0.2) is 24.3 Å². The molecule has 0 aliphatic carbocycles. The molecule has 0 N–H and O–H groups in total. The second-order valence-corrected chi connectivity index (χ2v) is 5.12. The molecule has 21 heavy (non-hydrogen) atoms. The Morgan fingerprint density at radius 2 is 1.76 bits per heavy atom. The smallest absolute Gasteiger partial charge is 0.236 e. The Hall–Kier alpha value is -1.88. The Morgan fingerprint density at radius 1 is 1.19 bits per heavy atom. The third-order valence-electron chi connectivity index (χ3n) is 3.55. The number of hydrogen-bond acceptors (Lipinski definition) is 4. The van der Waals surface area contributed by atoms with E-state index in [1.807, 2.05) is 18.7 Å².